The third-order valence-corrected chi connectivity index (χ3v) is 7.11. The molecule has 3 rings (SSSR count). The highest BCUT2D eigenvalue weighted by molar-refractivity contribution is 6.20. The van der Waals surface area contributed by atoms with Crippen LogP contribution in [0.2, 0.25) is 0 Å². The van der Waals surface area contributed by atoms with Crippen molar-refractivity contribution < 1.29 is 28.2 Å². The predicted octanol–water partition coefficient (Wildman–Crippen LogP) is 2.85. The van der Waals surface area contributed by atoms with Crippen molar-refractivity contribution >= 4 is 17.5 Å². The molecule has 8 heteroatoms. The molecule has 1 amide bonds. The first-order valence-electron chi connectivity index (χ1n) is 9.52. The highest BCUT2D eigenvalue weighted by Crippen LogP contribution is 2.51. The second-order valence-electron chi connectivity index (χ2n) is 8.17. The Labute approximate surface area is 156 Å². The lowest BCUT2D eigenvalue weighted by atomic mass is 9.58. The summed E-state index contributed by atoms with van der Waals surface area (Å²) >= 11 is 6.29. The Kier molecular flexibility index (Phi) is 6.09. The first-order chi connectivity index (χ1) is 12.2. The number of fused-ring (bicyclic) bond motifs is 1. The van der Waals surface area contributed by atoms with Crippen LogP contribution in [0, 0.1) is 29.6 Å². The molecule has 0 aromatic heterocycles. The van der Waals surface area contributed by atoms with Crippen molar-refractivity contribution in [3.05, 3.63) is 0 Å². The van der Waals surface area contributed by atoms with Gasteiger partial charge in [-0.1, -0.05) is 0 Å². The van der Waals surface area contributed by atoms with E-state index in [2.05, 4.69) is 5.32 Å². The number of aliphatic hydroxyl groups excluding tert-OH is 2. The number of nitrogens with one attached hydrogen (secondary N) is 1. The van der Waals surface area contributed by atoms with E-state index >= 15 is 0 Å². The van der Waals surface area contributed by atoms with Gasteiger partial charge in [-0.3, -0.25) is 4.79 Å². The maximum absolute atomic E-state index is 13.3. The normalized spacial score (nSPS) is 44.3. The number of carbonyl (C=O) groups excluding carboxylic acids is 1. The molecule has 0 aromatic rings. The zero-order valence-electron chi connectivity index (χ0n) is 14.6. The number of aliphatic hydroxyl groups is 2. The third kappa shape index (κ3) is 3.99. The molecule has 150 valence electrons. The van der Waals surface area contributed by atoms with E-state index in [4.69, 9.17) is 11.6 Å². The van der Waals surface area contributed by atoms with Gasteiger partial charge in [0.05, 0.1) is 12.0 Å². The van der Waals surface area contributed by atoms with E-state index in [0.717, 1.165) is 0 Å². The van der Waals surface area contributed by atoms with Crippen LogP contribution in [0.25, 0.3) is 0 Å². The fraction of sp³-hybridized carbons (Fsp3) is 0.944. The quantitative estimate of drug-likeness (QED) is 0.641. The Morgan fingerprint density at radius 3 is 2.50 bits per heavy atom. The van der Waals surface area contributed by atoms with Gasteiger partial charge in [-0.05, 0) is 62.7 Å². The van der Waals surface area contributed by atoms with Crippen LogP contribution in [0.3, 0.4) is 0 Å². The molecule has 3 fully saturated rings. The first kappa shape index (κ1) is 20.2. The number of alkyl halides is 4. The number of piperidine rings is 1. The van der Waals surface area contributed by atoms with Crippen LogP contribution < -0.4 is 5.32 Å². The molecule has 0 aromatic carbocycles. The highest BCUT2D eigenvalue weighted by atomic mass is 35.5. The maximum atomic E-state index is 13.3. The Morgan fingerprint density at radius 2 is 1.85 bits per heavy atom. The molecule has 0 spiro atoms. The van der Waals surface area contributed by atoms with E-state index in [9.17, 15) is 28.2 Å². The van der Waals surface area contributed by atoms with Crippen LogP contribution in [-0.2, 0) is 4.79 Å². The lowest BCUT2D eigenvalue weighted by molar-refractivity contribution is -0.194. The van der Waals surface area contributed by atoms with Crippen molar-refractivity contribution in [1.29, 1.82) is 0 Å². The van der Waals surface area contributed by atoms with Crippen molar-refractivity contribution in [2.75, 3.05) is 6.61 Å². The summed E-state index contributed by atoms with van der Waals surface area (Å²) < 4.78 is 40.0. The van der Waals surface area contributed by atoms with Crippen LogP contribution in [0.5, 0.6) is 0 Å². The number of carbonyl (C=O) groups is 1. The number of rotatable bonds is 3. The molecular formula is C18H27ClF3NO3. The Balaban J connectivity index is 1.91. The average molecular weight is 398 g/mol. The summed E-state index contributed by atoms with van der Waals surface area (Å²) in [5.41, 5.74) is 0. The molecule has 2 saturated carbocycles. The average Bonchev–Trinajstić information content (AvgIpc) is 2.57. The summed E-state index contributed by atoms with van der Waals surface area (Å²) in [6, 6.07) is -0.288. The van der Waals surface area contributed by atoms with E-state index in [-0.39, 0.29) is 60.9 Å². The van der Waals surface area contributed by atoms with E-state index in [1.54, 1.807) is 0 Å². The standard InChI is InChI=1S/C18H27ClF3NO3/c19-10-2-4-15(25)13(8-10)16-11(5-6-24)17(26)23-14-3-1-9(7-12(14)16)18(20,21)22/h9-16,24-25H,1-8H2,(H,23,26). The molecule has 2 aliphatic carbocycles. The summed E-state index contributed by atoms with van der Waals surface area (Å²) in [4.78, 5) is 12.6. The summed E-state index contributed by atoms with van der Waals surface area (Å²) in [6.07, 6.45) is -2.74. The molecule has 8 unspecified atom stereocenters. The minimum Gasteiger partial charge on any atom is -0.396 e. The Bertz CT molecular complexity index is 518. The van der Waals surface area contributed by atoms with E-state index in [1.165, 1.54) is 0 Å². The zero-order valence-corrected chi connectivity index (χ0v) is 15.3. The Morgan fingerprint density at radius 1 is 1.12 bits per heavy atom. The van der Waals surface area contributed by atoms with Crippen LogP contribution in [0.1, 0.15) is 44.9 Å². The molecule has 0 bridgehead atoms. The summed E-state index contributed by atoms with van der Waals surface area (Å²) in [7, 11) is 0. The minimum absolute atomic E-state index is 0.0215. The van der Waals surface area contributed by atoms with Gasteiger partial charge in [0.1, 0.15) is 0 Å². The van der Waals surface area contributed by atoms with Gasteiger partial charge in [0.15, 0.2) is 0 Å². The SMILES string of the molecule is O=C1NC2CCC(C(F)(F)F)CC2C(C2CC(Cl)CCC2O)C1CCO. The number of hydrogen-bond acceptors (Lipinski definition) is 3. The fourth-order valence-electron chi connectivity index (χ4n) is 5.50. The number of amides is 1. The molecule has 1 heterocycles. The molecule has 0 radical (unpaired) electrons. The first-order valence-corrected chi connectivity index (χ1v) is 9.96. The number of halogens is 4. The van der Waals surface area contributed by atoms with Crippen molar-refractivity contribution in [1.82, 2.24) is 5.32 Å². The van der Waals surface area contributed by atoms with Crippen molar-refractivity contribution in [3.63, 3.8) is 0 Å². The fourth-order valence-corrected chi connectivity index (χ4v) is 5.83. The second-order valence-corrected chi connectivity index (χ2v) is 8.79. The van der Waals surface area contributed by atoms with Gasteiger partial charge in [-0.2, -0.15) is 13.2 Å². The molecule has 8 atom stereocenters. The second kappa shape index (κ2) is 7.84. The van der Waals surface area contributed by atoms with Gasteiger partial charge in [0, 0.05) is 23.9 Å². The lowest BCUT2D eigenvalue weighted by Crippen LogP contribution is -2.60. The molecule has 1 saturated heterocycles. The van der Waals surface area contributed by atoms with Gasteiger partial charge in [-0.25, -0.2) is 0 Å². The molecule has 3 aliphatic rings. The van der Waals surface area contributed by atoms with E-state index in [1.807, 2.05) is 0 Å². The number of hydrogen-bond donors (Lipinski definition) is 3. The van der Waals surface area contributed by atoms with Crippen LogP contribution in [0.15, 0.2) is 0 Å². The molecular weight excluding hydrogens is 371 g/mol. The van der Waals surface area contributed by atoms with Gasteiger partial charge < -0.3 is 15.5 Å². The lowest BCUT2D eigenvalue weighted by Gasteiger charge is -2.52. The van der Waals surface area contributed by atoms with Crippen LogP contribution in [-0.4, -0.2) is 46.4 Å². The van der Waals surface area contributed by atoms with Gasteiger partial charge >= 0.3 is 6.18 Å². The topological polar surface area (TPSA) is 69.6 Å². The summed E-state index contributed by atoms with van der Waals surface area (Å²) in [5.74, 6) is -3.17. The van der Waals surface area contributed by atoms with Gasteiger partial charge in [-0.15, -0.1) is 11.6 Å². The molecule has 1 aliphatic heterocycles. The Hall–Kier alpha value is -0.530. The van der Waals surface area contributed by atoms with Crippen LogP contribution >= 0.6 is 11.6 Å². The van der Waals surface area contributed by atoms with Gasteiger partial charge in [0.25, 0.3) is 0 Å². The molecule has 26 heavy (non-hydrogen) atoms. The summed E-state index contributed by atoms with van der Waals surface area (Å²) in [5, 5.41) is 22.7. The largest absolute Gasteiger partial charge is 0.396 e. The van der Waals surface area contributed by atoms with E-state index < -0.39 is 24.1 Å². The minimum atomic E-state index is -4.25. The molecule has 4 nitrogen and oxygen atoms in total. The molecule has 3 N–H and O–H groups in total. The maximum Gasteiger partial charge on any atom is 0.391 e. The highest BCUT2D eigenvalue weighted by Gasteiger charge is 2.54. The van der Waals surface area contributed by atoms with Crippen molar-refractivity contribution in [2.24, 2.45) is 29.6 Å². The smallest absolute Gasteiger partial charge is 0.391 e. The van der Waals surface area contributed by atoms with E-state index in [0.29, 0.717) is 25.7 Å². The van der Waals surface area contributed by atoms with Gasteiger partial charge in [0.2, 0.25) is 5.91 Å². The summed E-state index contributed by atoms with van der Waals surface area (Å²) in [6.45, 7) is -0.207. The monoisotopic (exact) mass is 397 g/mol. The van der Waals surface area contributed by atoms with Crippen LogP contribution in [0.4, 0.5) is 13.2 Å². The van der Waals surface area contributed by atoms with Crippen molar-refractivity contribution in [3.8, 4) is 0 Å². The predicted molar refractivity (Wildman–Crippen MR) is 90.5 cm³/mol. The zero-order chi connectivity index (χ0) is 19.1. The third-order valence-electron chi connectivity index (χ3n) is 6.72. The van der Waals surface area contributed by atoms with Crippen molar-refractivity contribution in [2.45, 2.75) is 68.6 Å².